The second kappa shape index (κ2) is 10.9. The summed E-state index contributed by atoms with van der Waals surface area (Å²) in [5, 5.41) is 5.65. The Balaban J connectivity index is 1.32. The molecule has 0 radical (unpaired) electrons. The number of carbonyl (C=O) groups excluding carboxylic acids is 1. The average molecular weight is 405 g/mol. The van der Waals surface area contributed by atoms with Crippen LogP contribution in [0.5, 0.6) is 5.75 Å². The van der Waals surface area contributed by atoms with Crippen LogP contribution in [0.15, 0.2) is 53.4 Å². The van der Waals surface area contributed by atoms with Crippen LogP contribution in [0.3, 0.4) is 0 Å². The van der Waals surface area contributed by atoms with Crippen LogP contribution < -0.4 is 15.4 Å². The number of ether oxygens (including phenoxy) is 2. The van der Waals surface area contributed by atoms with Crippen molar-refractivity contribution in [3.8, 4) is 5.75 Å². The first-order chi connectivity index (χ1) is 13.7. The summed E-state index contributed by atoms with van der Waals surface area (Å²) < 4.78 is 24.2. The highest BCUT2D eigenvalue weighted by Crippen LogP contribution is 2.20. The molecule has 1 unspecified atom stereocenters. The minimum absolute atomic E-state index is 0.160. The molecule has 28 heavy (non-hydrogen) atoms. The Hall–Kier alpha value is -2.25. The molecule has 0 saturated carbocycles. The Labute approximate surface area is 169 Å². The van der Waals surface area contributed by atoms with Gasteiger partial charge in [0.1, 0.15) is 18.2 Å². The van der Waals surface area contributed by atoms with E-state index in [-0.39, 0.29) is 18.0 Å². The zero-order valence-corrected chi connectivity index (χ0v) is 16.5. The summed E-state index contributed by atoms with van der Waals surface area (Å²) in [6, 6.07) is 13.5. The number of anilines is 1. The zero-order chi connectivity index (χ0) is 19.6. The van der Waals surface area contributed by atoms with E-state index in [4.69, 9.17) is 9.47 Å². The van der Waals surface area contributed by atoms with Gasteiger partial charge in [0, 0.05) is 29.8 Å². The molecule has 3 rings (SSSR count). The number of urea groups is 1. The summed E-state index contributed by atoms with van der Waals surface area (Å²) >= 11 is 1.64. The minimum Gasteiger partial charge on any atom is -0.491 e. The van der Waals surface area contributed by atoms with Crippen molar-refractivity contribution < 1.29 is 18.7 Å². The maximum absolute atomic E-state index is 12.9. The van der Waals surface area contributed by atoms with Crippen LogP contribution in [0, 0.1) is 5.82 Å². The molecule has 0 bridgehead atoms. The van der Waals surface area contributed by atoms with E-state index in [2.05, 4.69) is 10.6 Å². The lowest BCUT2D eigenvalue weighted by Gasteiger charge is -2.13. The summed E-state index contributed by atoms with van der Waals surface area (Å²) in [7, 11) is 0. The zero-order valence-electron chi connectivity index (χ0n) is 15.7. The number of nitrogens with one attached hydrogen (secondary N) is 2. The summed E-state index contributed by atoms with van der Waals surface area (Å²) in [4.78, 5) is 13.0. The Morgan fingerprint density at radius 2 is 2.11 bits per heavy atom. The van der Waals surface area contributed by atoms with Crippen LogP contribution in [-0.4, -0.2) is 37.6 Å². The molecule has 1 heterocycles. The summed E-state index contributed by atoms with van der Waals surface area (Å²) in [6.45, 7) is 1.90. The lowest BCUT2D eigenvalue weighted by molar-refractivity contribution is 0.0680. The quantitative estimate of drug-likeness (QED) is 0.470. The van der Waals surface area contributed by atoms with E-state index in [0.29, 0.717) is 24.6 Å². The van der Waals surface area contributed by atoms with Crippen molar-refractivity contribution in [1.82, 2.24) is 5.32 Å². The molecule has 0 aromatic heterocycles. The lowest BCUT2D eigenvalue weighted by Crippen LogP contribution is -2.29. The number of carbonyl (C=O) groups is 1. The van der Waals surface area contributed by atoms with Gasteiger partial charge in [-0.3, -0.25) is 0 Å². The summed E-state index contributed by atoms with van der Waals surface area (Å²) in [5.74, 6) is 1.33. The number of benzene rings is 2. The average Bonchev–Trinajstić information content (AvgIpc) is 3.21. The van der Waals surface area contributed by atoms with Crippen molar-refractivity contribution in [3.63, 3.8) is 0 Å². The van der Waals surface area contributed by atoms with Gasteiger partial charge >= 0.3 is 6.03 Å². The van der Waals surface area contributed by atoms with E-state index in [1.54, 1.807) is 30.0 Å². The van der Waals surface area contributed by atoms with Crippen LogP contribution in [0.4, 0.5) is 14.9 Å². The summed E-state index contributed by atoms with van der Waals surface area (Å²) in [6.07, 6.45) is 3.09. The van der Waals surface area contributed by atoms with Gasteiger partial charge in [-0.1, -0.05) is 6.07 Å². The van der Waals surface area contributed by atoms with Crippen molar-refractivity contribution in [2.75, 3.05) is 30.8 Å². The third-order valence-electron chi connectivity index (χ3n) is 4.24. The second-order valence-electron chi connectivity index (χ2n) is 6.51. The molecule has 7 heteroatoms. The maximum Gasteiger partial charge on any atom is 0.319 e. The molecule has 2 aromatic carbocycles. The van der Waals surface area contributed by atoms with Crippen LogP contribution in [-0.2, 0) is 4.74 Å². The smallest absolute Gasteiger partial charge is 0.319 e. The molecular formula is C21H25FN2O3S. The van der Waals surface area contributed by atoms with E-state index >= 15 is 0 Å². The van der Waals surface area contributed by atoms with E-state index in [0.717, 1.165) is 36.5 Å². The van der Waals surface area contributed by atoms with Gasteiger partial charge in [0.2, 0.25) is 0 Å². The third kappa shape index (κ3) is 7.05. The Morgan fingerprint density at radius 1 is 1.25 bits per heavy atom. The van der Waals surface area contributed by atoms with E-state index in [1.807, 2.05) is 18.2 Å². The first-order valence-electron chi connectivity index (χ1n) is 9.47. The van der Waals surface area contributed by atoms with Gasteiger partial charge in [-0.25, -0.2) is 9.18 Å². The van der Waals surface area contributed by atoms with Crippen molar-refractivity contribution in [1.29, 1.82) is 0 Å². The fourth-order valence-corrected chi connectivity index (χ4v) is 3.65. The minimum atomic E-state index is -0.247. The van der Waals surface area contributed by atoms with E-state index < -0.39 is 0 Å². The number of hydrogen-bond donors (Lipinski definition) is 2. The van der Waals surface area contributed by atoms with Crippen molar-refractivity contribution in [3.05, 3.63) is 54.3 Å². The Kier molecular flexibility index (Phi) is 7.99. The van der Waals surface area contributed by atoms with Crippen molar-refractivity contribution in [2.24, 2.45) is 0 Å². The largest absolute Gasteiger partial charge is 0.491 e. The predicted octanol–water partition coefficient (Wildman–Crippen LogP) is 4.69. The fourth-order valence-electron chi connectivity index (χ4n) is 2.80. The van der Waals surface area contributed by atoms with Gasteiger partial charge < -0.3 is 20.1 Å². The standard InChI is InChI=1S/C21H25FN2O3S/c22-16-7-9-20(10-8-16)28-13-3-11-23-21(25)24-17-4-1-5-18(14-17)27-15-19-6-2-12-26-19/h1,4-5,7-10,14,19H,2-3,6,11-13,15H2,(H2,23,24,25). The number of halogens is 1. The highest BCUT2D eigenvalue weighted by Gasteiger charge is 2.16. The molecule has 0 spiro atoms. The molecule has 2 aromatic rings. The summed E-state index contributed by atoms with van der Waals surface area (Å²) in [5.41, 5.74) is 0.683. The van der Waals surface area contributed by atoms with Crippen molar-refractivity contribution >= 4 is 23.5 Å². The van der Waals surface area contributed by atoms with Crippen molar-refractivity contribution in [2.45, 2.75) is 30.3 Å². The fraction of sp³-hybridized carbons (Fsp3) is 0.381. The molecular weight excluding hydrogens is 379 g/mol. The molecule has 1 aliphatic rings. The first kappa shape index (κ1) is 20.5. The number of rotatable bonds is 9. The molecule has 2 amide bonds. The van der Waals surface area contributed by atoms with E-state index in [1.165, 1.54) is 12.1 Å². The van der Waals surface area contributed by atoms with Gasteiger partial charge in [-0.15, -0.1) is 11.8 Å². The molecule has 5 nitrogen and oxygen atoms in total. The Morgan fingerprint density at radius 3 is 2.89 bits per heavy atom. The molecule has 0 aliphatic carbocycles. The molecule has 1 atom stereocenters. The number of thioether (sulfide) groups is 1. The van der Waals surface area contributed by atoms with Crippen LogP contribution in [0.1, 0.15) is 19.3 Å². The monoisotopic (exact) mass is 404 g/mol. The van der Waals surface area contributed by atoms with Crippen LogP contribution in [0.2, 0.25) is 0 Å². The lowest BCUT2D eigenvalue weighted by atomic mass is 10.2. The second-order valence-corrected chi connectivity index (χ2v) is 7.68. The normalized spacial score (nSPS) is 16.0. The molecule has 1 fully saturated rings. The molecule has 1 saturated heterocycles. The third-order valence-corrected chi connectivity index (χ3v) is 5.34. The molecule has 1 aliphatic heterocycles. The predicted molar refractivity (Wildman–Crippen MR) is 110 cm³/mol. The van der Waals surface area contributed by atoms with Gasteiger partial charge in [0.15, 0.2) is 0 Å². The number of hydrogen-bond acceptors (Lipinski definition) is 4. The molecule has 2 N–H and O–H groups in total. The van der Waals surface area contributed by atoms with Gasteiger partial charge in [0.05, 0.1) is 6.10 Å². The van der Waals surface area contributed by atoms with Gasteiger partial charge in [0.25, 0.3) is 0 Å². The van der Waals surface area contributed by atoms with Crippen LogP contribution >= 0.6 is 11.8 Å². The highest BCUT2D eigenvalue weighted by atomic mass is 32.2. The van der Waals surface area contributed by atoms with Gasteiger partial charge in [-0.05, 0) is 61.4 Å². The highest BCUT2D eigenvalue weighted by molar-refractivity contribution is 7.99. The Bertz CT molecular complexity index is 752. The SMILES string of the molecule is O=C(NCCCSc1ccc(F)cc1)Nc1cccc(OCC2CCCO2)c1. The van der Waals surface area contributed by atoms with Crippen LogP contribution in [0.25, 0.3) is 0 Å². The maximum atomic E-state index is 12.9. The number of amides is 2. The van der Waals surface area contributed by atoms with E-state index in [9.17, 15) is 9.18 Å². The first-order valence-corrected chi connectivity index (χ1v) is 10.5. The van der Waals surface area contributed by atoms with Gasteiger partial charge in [-0.2, -0.15) is 0 Å². The topological polar surface area (TPSA) is 59.6 Å². The molecule has 150 valence electrons.